The standard InChI is InChI=1S/C47H40F2O/c1-44(2,3)27-12-14-28(15-13-27)47(29-16-19-33-32-10-8-9-11-38(32)45(4,5)39(33)24-29)23-22-36-42-41(34-20-17-30(48)25-37(34)43(36)50-47)35-21-18-31(49)26-40(35)46(42,6)7/h8-26H,1-7H3. The highest BCUT2D eigenvalue weighted by Gasteiger charge is 2.45. The first kappa shape index (κ1) is 31.0. The molecule has 1 unspecified atom stereocenters. The Hall–Kier alpha value is -5.02. The summed E-state index contributed by atoms with van der Waals surface area (Å²) in [6.45, 7) is 15.5. The van der Waals surface area contributed by atoms with Gasteiger partial charge in [-0.3, -0.25) is 0 Å². The quantitative estimate of drug-likeness (QED) is 0.180. The van der Waals surface area contributed by atoms with E-state index in [0.717, 1.165) is 44.3 Å². The van der Waals surface area contributed by atoms with Crippen LogP contribution >= 0.6 is 0 Å². The number of ether oxygens (including phenoxy) is 1. The molecule has 0 aromatic heterocycles. The molecule has 1 nitrogen and oxygen atoms in total. The molecule has 0 N–H and O–H groups in total. The Morgan fingerprint density at radius 2 is 1.22 bits per heavy atom. The molecule has 3 aliphatic rings. The van der Waals surface area contributed by atoms with Crippen molar-refractivity contribution >= 4 is 16.8 Å². The third kappa shape index (κ3) is 4.10. The highest BCUT2D eigenvalue weighted by atomic mass is 19.1. The van der Waals surface area contributed by atoms with Crippen molar-refractivity contribution in [3.05, 3.63) is 165 Å². The van der Waals surface area contributed by atoms with E-state index >= 15 is 4.39 Å². The average molecular weight is 659 g/mol. The van der Waals surface area contributed by atoms with Gasteiger partial charge in [-0.2, -0.15) is 0 Å². The van der Waals surface area contributed by atoms with Crippen molar-refractivity contribution in [2.45, 2.75) is 70.3 Å². The van der Waals surface area contributed by atoms with Crippen LogP contribution in [-0.2, 0) is 21.8 Å². The predicted molar refractivity (Wildman–Crippen MR) is 201 cm³/mol. The van der Waals surface area contributed by atoms with Gasteiger partial charge in [0.25, 0.3) is 0 Å². The Balaban J connectivity index is 1.33. The third-order valence-corrected chi connectivity index (χ3v) is 11.7. The molecule has 50 heavy (non-hydrogen) atoms. The minimum atomic E-state index is -1.00. The van der Waals surface area contributed by atoms with E-state index in [1.165, 1.54) is 39.9 Å². The van der Waals surface area contributed by atoms with Gasteiger partial charge in [0.05, 0.1) is 0 Å². The molecule has 0 saturated carbocycles. The van der Waals surface area contributed by atoms with Gasteiger partial charge >= 0.3 is 0 Å². The lowest BCUT2D eigenvalue weighted by molar-refractivity contribution is 0.163. The van der Waals surface area contributed by atoms with Crippen molar-refractivity contribution in [3.63, 3.8) is 0 Å². The van der Waals surface area contributed by atoms with Crippen LogP contribution in [0.3, 0.4) is 0 Å². The van der Waals surface area contributed by atoms with E-state index in [9.17, 15) is 4.39 Å². The minimum Gasteiger partial charge on any atom is -0.472 e. The molecular weight excluding hydrogens is 619 g/mol. The van der Waals surface area contributed by atoms with Gasteiger partial charge in [-0.05, 0) is 97.3 Å². The monoisotopic (exact) mass is 658 g/mol. The smallest absolute Gasteiger partial charge is 0.178 e. The zero-order chi connectivity index (χ0) is 35.0. The number of benzene rings is 6. The molecule has 0 amide bonds. The van der Waals surface area contributed by atoms with Crippen molar-refractivity contribution in [2.75, 3.05) is 0 Å². The molecule has 0 fully saturated rings. The molecule has 1 heterocycles. The molecule has 248 valence electrons. The normalized spacial score (nSPS) is 19.0. The second-order valence-corrected chi connectivity index (χ2v) is 16.4. The molecule has 1 aliphatic heterocycles. The molecule has 6 aromatic carbocycles. The fraction of sp³-hybridized carbons (Fsp3) is 0.234. The molecule has 0 bridgehead atoms. The molecule has 3 heteroatoms. The second-order valence-electron chi connectivity index (χ2n) is 16.4. The summed E-state index contributed by atoms with van der Waals surface area (Å²) in [5.41, 5.74) is 11.5. The van der Waals surface area contributed by atoms with Gasteiger partial charge in [-0.15, -0.1) is 0 Å². The summed E-state index contributed by atoms with van der Waals surface area (Å²) in [5.74, 6) is 0.0525. The number of halogens is 2. The van der Waals surface area contributed by atoms with Crippen LogP contribution in [0.25, 0.3) is 39.1 Å². The largest absolute Gasteiger partial charge is 0.472 e. The summed E-state index contributed by atoms with van der Waals surface area (Å²) in [6, 6.07) is 34.2. The van der Waals surface area contributed by atoms with Crippen LogP contribution in [0.15, 0.2) is 109 Å². The maximum absolute atomic E-state index is 15.3. The summed E-state index contributed by atoms with van der Waals surface area (Å²) in [4.78, 5) is 0. The first-order valence-corrected chi connectivity index (χ1v) is 17.6. The van der Waals surface area contributed by atoms with Crippen LogP contribution < -0.4 is 4.74 Å². The van der Waals surface area contributed by atoms with Gasteiger partial charge < -0.3 is 4.74 Å². The van der Waals surface area contributed by atoms with E-state index < -0.39 is 11.0 Å². The van der Waals surface area contributed by atoms with E-state index in [2.05, 4.69) is 127 Å². The molecule has 9 rings (SSSR count). The van der Waals surface area contributed by atoms with Crippen LogP contribution in [0.2, 0.25) is 0 Å². The molecule has 6 aromatic rings. The Bertz CT molecular complexity index is 2460. The van der Waals surface area contributed by atoms with Gasteiger partial charge in [-0.1, -0.05) is 127 Å². The topological polar surface area (TPSA) is 9.23 Å². The van der Waals surface area contributed by atoms with Gasteiger partial charge in [-0.25, -0.2) is 8.78 Å². The molecule has 0 radical (unpaired) electrons. The molecule has 0 spiro atoms. The lowest BCUT2D eigenvalue weighted by Crippen LogP contribution is -2.35. The van der Waals surface area contributed by atoms with Crippen LogP contribution in [-0.4, -0.2) is 0 Å². The highest BCUT2D eigenvalue weighted by Crippen LogP contribution is 2.59. The van der Waals surface area contributed by atoms with Gasteiger partial charge in [0.2, 0.25) is 0 Å². The van der Waals surface area contributed by atoms with E-state index in [1.807, 2.05) is 12.1 Å². The van der Waals surface area contributed by atoms with Crippen LogP contribution in [0, 0.1) is 11.6 Å². The number of hydrogen-bond acceptors (Lipinski definition) is 1. The van der Waals surface area contributed by atoms with Gasteiger partial charge in [0, 0.05) is 32.9 Å². The van der Waals surface area contributed by atoms with Gasteiger partial charge in [0.15, 0.2) is 5.60 Å². The Kier molecular flexibility index (Phi) is 6.22. The Labute approximate surface area is 293 Å². The van der Waals surface area contributed by atoms with Crippen LogP contribution in [0.4, 0.5) is 8.78 Å². The van der Waals surface area contributed by atoms with E-state index in [4.69, 9.17) is 4.74 Å². The average Bonchev–Trinajstić information content (AvgIpc) is 3.47. The fourth-order valence-corrected chi connectivity index (χ4v) is 9.06. The maximum atomic E-state index is 15.3. The second kappa shape index (κ2) is 10.0. The molecule has 1 atom stereocenters. The van der Waals surface area contributed by atoms with Crippen molar-refractivity contribution in [1.29, 1.82) is 0 Å². The zero-order valence-electron chi connectivity index (χ0n) is 29.6. The van der Waals surface area contributed by atoms with E-state index in [-0.39, 0.29) is 22.5 Å². The number of hydrogen-bond donors (Lipinski definition) is 0. The minimum absolute atomic E-state index is 0.0146. The summed E-state index contributed by atoms with van der Waals surface area (Å²) < 4.78 is 37.6. The van der Waals surface area contributed by atoms with Gasteiger partial charge in [0.1, 0.15) is 17.4 Å². The summed E-state index contributed by atoms with van der Waals surface area (Å²) in [7, 11) is 0. The van der Waals surface area contributed by atoms with E-state index in [0.29, 0.717) is 11.1 Å². The Morgan fingerprint density at radius 1 is 0.580 bits per heavy atom. The van der Waals surface area contributed by atoms with Crippen LogP contribution in [0.5, 0.6) is 5.75 Å². The lowest BCUT2D eigenvalue weighted by atomic mass is 9.75. The van der Waals surface area contributed by atoms with Crippen molar-refractivity contribution in [3.8, 4) is 28.0 Å². The maximum Gasteiger partial charge on any atom is 0.178 e. The third-order valence-electron chi connectivity index (χ3n) is 11.7. The first-order valence-electron chi connectivity index (χ1n) is 17.6. The SMILES string of the molecule is CC(C)(C)c1ccc(C2(c3ccc4c(c3)C(C)(C)c3ccccc3-4)C=Cc3c4c(c5ccc(F)cc5c3O2)-c2ccc(F)cc2C4(C)C)cc1. The first-order chi connectivity index (χ1) is 23.7. The molecular formula is C47H40F2O. The van der Waals surface area contributed by atoms with Crippen molar-refractivity contribution in [2.24, 2.45) is 0 Å². The summed E-state index contributed by atoms with van der Waals surface area (Å²) >= 11 is 0. The molecule has 2 aliphatic carbocycles. The number of rotatable bonds is 2. The predicted octanol–water partition coefficient (Wildman–Crippen LogP) is 12.4. The fourth-order valence-electron chi connectivity index (χ4n) is 9.06. The zero-order valence-corrected chi connectivity index (χ0v) is 29.6. The molecule has 0 saturated heterocycles. The number of fused-ring (bicyclic) bond motifs is 11. The highest BCUT2D eigenvalue weighted by molar-refractivity contribution is 6.08. The van der Waals surface area contributed by atoms with Crippen LogP contribution in [0.1, 0.15) is 93.0 Å². The van der Waals surface area contributed by atoms with Crippen molar-refractivity contribution in [1.82, 2.24) is 0 Å². The van der Waals surface area contributed by atoms with Crippen molar-refractivity contribution < 1.29 is 13.5 Å². The summed E-state index contributed by atoms with van der Waals surface area (Å²) in [6.07, 6.45) is 4.36. The summed E-state index contributed by atoms with van der Waals surface area (Å²) in [5, 5.41) is 1.61. The lowest BCUT2D eigenvalue weighted by Gasteiger charge is -2.39. The Morgan fingerprint density at radius 3 is 1.98 bits per heavy atom. The van der Waals surface area contributed by atoms with E-state index in [1.54, 1.807) is 12.1 Å².